The highest BCUT2D eigenvalue weighted by atomic mass is 16.5. The van der Waals surface area contributed by atoms with Gasteiger partial charge in [0.05, 0.1) is 0 Å². The maximum Gasteiger partial charge on any atom is 0.245 e. The Labute approximate surface area is 109 Å². The minimum atomic E-state index is -0.421. The number of nitrogens with zero attached hydrogens (tertiary/aromatic N) is 1. The van der Waals surface area contributed by atoms with E-state index in [9.17, 15) is 9.59 Å². The van der Waals surface area contributed by atoms with E-state index < -0.39 is 6.04 Å². The average molecular weight is 256 g/mol. The minimum Gasteiger partial charge on any atom is -0.385 e. The van der Waals surface area contributed by atoms with Crippen molar-refractivity contribution in [2.24, 2.45) is 0 Å². The van der Waals surface area contributed by atoms with E-state index in [1.165, 1.54) is 0 Å². The van der Waals surface area contributed by atoms with Crippen LogP contribution < -0.4 is 5.32 Å². The van der Waals surface area contributed by atoms with E-state index >= 15 is 0 Å². The lowest BCUT2D eigenvalue weighted by atomic mass is 10.0. The van der Waals surface area contributed by atoms with Gasteiger partial charge in [-0.3, -0.25) is 9.59 Å². The molecule has 5 nitrogen and oxygen atoms in total. The predicted octanol–water partition coefficient (Wildman–Crippen LogP) is 0.927. The van der Waals surface area contributed by atoms with Crippen LogP contribution in [0.2, 0.25) is 0 Å². The van der Waals surface area contributed by atoms with E-state index in [0.717, 1.165) is 12.8 Å². The molecule has 1 N–H and O–H groups in total. The second-order valence-electron chi connectivity index (χ2n) is 4.91. The van der Waals surface area contributed by atoms with Crippen molar-refractivity contribution in [2.45, 2.75) is 58.2 Å². The van der Waals surface area contributed by atoms with Crippen LogP contribution in [0.25, 0.3) is 0 Å². The Kier molecular flexibility index (Phi) is 5.59. The molecule has 0 aliphatic carbocycles. The number of ether oxygens (including phenoxy) is 1. The van der Waals surface area contributed by atoms with Gasteiger partial charge in [0.2, 0.25) is 11.8 Å². The maximum atomic E-state index is 12.2. The van der Waals surface area contributed by atoms with Gasteiger partial charge in [0.1, 0.15) is 12.1 Å². The summed E-state index contributed by atoms with van der Waals surface area (Å²) in [7, 11) is 1.64. The molecule has 1 aliphatic rings. The first-order chi connectivity index (χ1) is 8.52. The summed E-state index contributed by atoms with van der Waals surface area (Å²) in [6.07, 6.45) is 2.34. The van der Waals surface area contributed by atoms with Crippen molar-refractivity contribution in [1.82, 2.24) is 10.2 Å². The molecule has 0 aromatic rings. The van der Waals surface area contributed by atoms with Crippen molar-refractivity contribution in [3.8, 4) is 0 Å². The number of carbonyl (C=O) groups is 2. The van der Waals surface area contributed by atoms with Crippen LogP contribution in [0.15, 0.2) is 0 Å². The summed E-state index contributed by atoms with van der Waals surface area (Å²) >= 11 is 0. The Balaban J connectivity index is 2.83. The fraction of sp³-hybridized carbons (Fsp3) is 0.846. The largest absolute Gasteiger partial charge is 0.385 e. The molecule has 3 atom stereocenters. The third-order valence-corrected chi connectivity index (χ3v) is 3.40. The number of nitrogens with one attached hydrogen (secondary N) is 1. The van der Waals surface area contributed by atoms with Gasteiger partial charge < -0.3 is 15.0 Å². The second kappa shape index (κ2) is 6.73. The van der Waals surface area contributed by atoms with Crippen LogP contribution in [0.1, 0.15) is 40.0 Å². The summed E-state index contributed by atoms with van der Waals surface area (Å²) in [5.74, 6) is -0.0233. The highest BCUT2D eigenvalue weighted by molar-refractivity contribution is 5.96. The molecule has 5 heteroatoms. The Morgan fingerprint density at radius 3 is 2.67 bits per heavy atom. The maximum absolute atomic E-state index is 12.2. The zero-order valence-electron chi connectivity index (χ0n) is 11.7. The third-order valence-electron chi connectivity index (χ3n) is 3.40. The smallest absolute Gasteiger partial charge is 0.245 e. The van der Waals surface area contributed by atoms with Crippen molar-refractivity contribution in [1.29, 1.82) is 0 Å². The van der Waals surface area contributed by atoms with Gasteiger partial charge >= 0.3 is 0 Å². The van der Waals surface area contributed by atoms with E-state index in [4.69, 9.17) is 4.74 Å². The molecule has 0 aromatic heterocycles. The van der Waals surface area contributed by atoms with Crippen LogP contribution in [-0.4, -0.2) is 48.6 Å². The van der Waals surface area contributed by atoms with Crippen LogP contribution in [-0.2, 0) is 14.3 Å². The fourth-order valence-electron chi connectivity index (χ4n) is 2.37. The van der Waals surface area contributed by atoms with E-state index in [2.05, 4.69) is 5.32 Å². The molecule has 1 rings (SSSR count). The average Bonchev–Trinajstić information content (AvgIpc) is 2.33. The Morgan fingerprint density at radius 1 is 1.44 bits per heavy atom. The molecule has 1 heterocycles. The molecule has 0 aromatic carbocycles. The SMILES string of the molecule is CCCC1C(=O)NC(C)C(=O)N1C(C)CCOC. The van der Waals surface area contributed by atoms with E-state index in [1.807, 2.05) is 13.8 Å². The summed E-state index contributed by atoms with van der Waals surface area (Å²) in [6.45, 7) is 6.33. The number of piperazine rings is 1. The Bertz CT molecular complexity index is 307. The Hall–Kier alpha value is -1.10. The number of carbonyl (C=O) groups excluding carboxylic acids is 2. The van der Waals surface area contributed by atoms with Crippen LogP contribution in [0.4, 0.5) is 0 Å². The zero-order chi connectivity index (χ0) is 13.7. The first kappa shape index (κ1) is 15.0. The third kappa shape index (κ3) is 3.22. The topological polar surface area (TPSA) is 58.6 Å². The van der Waals surface area contributed by atoms with E-state index in [1.54, 1.807) is 18.9 Å². The van der Waals surface area contributed by atoms with E-state index in [-0.39, 0.29) is 23.9 Å². The van der Waals surface area contributed by atoms with Gasteiger partial charge in [-0.15, -0.1) is 0 Å². The van der Waals surface area contributed by atoms with Crippen molar-refractivity contribution < 1.29 is 14.3 Å². The highest BCUT2D eigenvalue weighted by Gasteiger charge is 2.39. The van der Waals surface area contributed by atoms with Gasteiger partial charge in [-0.05, 0) is 26.7 Å². The van der Waals surface area contributed by atoms with Crippen LogP contribution >= 0.6 is 0 Å². The van der Waals surface area contributed by atoms with Crippen LogP contribution in [0.5, 0.6) is 0 Å². The van der Waals surface area contributed by atoms with Gasteiger partial charge in [-0.2, -0.15) is 0 Å². The minimum absolute atomic E-state index is 0.0108. The molecular weight excluding hydrogens is 232 g/mol. The molecular formula is C13H24N2O3. The molecule has 18 heavy (non-hydrogen) atoms. The molecule has 1 aliphatic heterocycles. The molecule has 2 amide bonds. The van der Waals surface area contributed by atoms with Gasteiger partial charge in [-0.25, -0.2) is 0 Å². The summed E-state index contributed by atoms with van der Waals surface area (Å²) < 4.78 is 5.05. The molecule has 3 unspecified atom stereocenters. The van der Waals surface area contributed by atoms with Crippen molar-refractivity contribution in [3.05, 3.63) is 0 Å². The van der Waals surface area contributed by atoms with Crippen LogP contribution in [0, 0.1) is 0 Å². The van der Waals surface area contributed by atoms with Crippen molar-refractivity contribution in [3.63, 3.8) is 0 Å². The number of amides is 2. The quantitative estimate of drug-likeness (QED) is 0.769. The normalized spacial score (nSPS) is 26.1. The highest BCUT2D eigenvalue weighted by Crippen LogP contribution is 2.19. The fourth-order valence-corrected chi connectivity index (χ4v) is 2.37. The monoisotopic (exact) mass is 256 g/mol. The lowest BCUT2D eigenvalue weighted by molar-refractivity contribution is -0.152. The molecule has 1 saturated heterocycles. The molecule has 0 bridgehead atoms. The zero-order valence-corrected chi connectivity index (χ0v) is 11.7. The lowest BCUT2D eigenvalue weighted by Crippen LogP contribution is -2.64. The number of methoxy groups -OCH3 is 1. The first-order valence-electron chi connectivity index (χ1n) is 6.64. The van der Waals surface area contributed by atoms with Gasteiger partial charge in [0.15, 0.2) is 0 Å². The molecule has 0 saturated carbocycles. The van der Waals surface area contributed by atoms with Crippen molar-refractivity contribution in [2.75, 3.05) is 13.7 Å². The summed E-state index contributed by atoms with van der Waals surface area (Å²) in [5.41, 5.74) is 0. The standard InChI is InChI=1S/C13H24N2O3/c1-5-6-11-12(16)14-10(3)13(17)15(11)9(2)7-8-18-4/h9-11H,5-8H2,1-4H3,(H,14,16). The first-order valence-corrected chi connectivity index (χ1v) is 6.64. The summed E-state index contributed by atoms with van der Waals surface area (Å²) in [5, 5.41) is 2.74. The summed E-state index contributed by atoms with van der Waals surface area (Å²) in [6, 6.07) is -0.719. The number of hydrogen-bond acceptors (Lipinski definition) is 3. The number of hydrogen-bond donors (Lipinski definition) is 1. The lowest BCUT2D eigenvalue weighted by Gasteiger charge is -2.41. The second-order valence-corrected chi connectivity index (χ2v) is 4.91. The summed E-state index contributed by atoms with van der Waals surface area (Å²) in [4.78, 5) is 26.0. The van der Waals surface area contributed by atoms with Gasteiger partial charge in [0.25, 0.3) is 0 Å². The van der Waals surface area contributed by atoms with Gasteiger partial charge in [0, 0.05) is 19.8 Å². The van der Waals surface area contributed by atoms with Gasteiger partial charge in [-0.1, -0.05) is 13.3 Å². The molecule has 0 spiro atoms. The molecule has 104 valence electrons. The van der Waals surface area contributed by atoms with Crippen molar-refractivity contribution >= 4 is 11.8 Å². The predicted molar refractivity (Wildman–Crippen MR) is 69.1 cm³/mol. The molecule has 0 radical (unpaired) electrons. The number of rotatable bonds is 6. The molecule has 1 fully saturated rings. The Morgan fingerprint density at radius 2 is 2.11 bits per heavy atom. The van der Waals surface area contributed by atoms with E-state index in [0.29, 0.717) is 13.0 Å². The van der Waals surface area contributed by atoms with Crippen LogP contribution in [0.3, 0.4) is 0 Å².